The molecule has 2 bridgehead atoms. The molecule has 35 heavy (non-hydrogen) atoms. The third-order valence-electron chi connectivity index (χ3n) is 6.51. The lowest BCUT2D eigenvalue weighted by atomic mass is 10.1. The van der Waals surface area contributed by atoms with Crippen LogP contribution in [-0.4, -0.2) is 76.6 Å². The lowest BCUT2D eigenvalue weighted by Crippen LogP contribution is -2.48. The molecule has 3 aliphatic rings. The Morgan fingerprint density at radius 1 is 1.26 bits per heavy atom. The Balaban J connectivity index is 1.33. The van der Waals surface area contributed by atoms with E-state index < -0.39 is 18.2 Å². The molecule has 0 aromatic carbocycles. The van der Waals surface area contributed by atoms with Gasteiger partial charge in [-0.2, -0.15) is 0 Å². The number of carbonyl (C=O) groups excluding carboxylic acids is 2. The number of aliphatic hydroxyl groups excluding tert-OH is 1. The zero-order valence-electron chi connectivity index (χ0n) is 19.6. The predicted molar refractivity (Wildman–Crippen MR) is 129 cm³/mol. The van der Waals surface area contributed by atoms with Gasteiger partial charge >= 0.3 is 6.03 Å². The molecular weight excluding hydrogens is 452 g/mol. The van der Waals surface area contributed by atoms with Crippen molar-refractivity contribution in [3.8, 4) is 5.75 Å². The number of urea groups is 1. The average molecular weight is 483 g/mol. The van der Waals surface area contributed by atoms with Gasteiger partial charge in [0.25, 0.3) is 5.91 Å². The molecule has 2 unspecified atom stereocenters. The van der Waals surface area contributed by atoms with E-state index in [0.717, 1.165) is 31.5 Å². The van der Waals surface area contributed by atoms with Crippen LogP contribution in [0.5, 0.6) is 5.75 Å². The van der Waals surface area contributed by atoms with Gasteiger partial charge < -0.3 is 25.2 Å². The van der Waals surface area contributed by atoms with Crippen molar-refractivity contribution in [3.05, 3.63) is 36.2 Å². The SMILES string of the molecule is CC(O)(CO)COc1ccnc(NC(=O)N2c3nc(C(=O)NCC4CC4)ccc3N3CCC2C3)c1. The van der Waals surface area contributed by atoms with E-state index in [1.54, 1.807) is 23.1 Å². The van der Waals surface area contributed by atoms with Gasteiger partial charge in [-0.1, -0.05) is 0 Å². The van der Waals surface area contributed by atoms with Gasteiger partial charge in [-0.25, -0.2) is 14.8 Å². The van der Waals surface area contributed by atoms with Gasteiger partial charge in [0.1, 0.15) is 29.5 Å². The normalized spacial score (nSPS) is 20.1. The van der Waals surface area contributed by atoms with E-state index >= 15 is 0 Å². The molecule has 1 aliphatic carbocycles. The summed E-state index contributed by atoms with van der Waals surface area (Å²) in [6, 6.07) is 6.25. The van der Waals surface area contributed by atoms with Crippen LogP contribution in [0.3, 0.4) is 0 Å². The second kappa shape index (κ2) is 9.31. The summed E-state index contributed by atoms with van der Waals surface area (Å²) in [5, 5.41) is 24.9. The molecule has 3 amide bonds. The Hall–Kier alpha value is -3.44. The number of nitrogens with one attached hydrogen (secondary N) is 2. The first-order chi connectivity index (χ1) is 16.8. The first-order valence-electron chi connectivity index (χ1n) is 11.9. The molecular formula is C24H30N6O5. The fraction of sp³-hybridized carbons (Fsp3) is 0.500. The molecule has 1 saturated carbocycles. The number of hydrogen-bond donors (Lipinski definition) is 4. The van der Waals surface area contributed by atoms with Crippen molar-refractivity contribution in [1.82, 2.24) is 15.3 Å². The highest BCUT2D eigenvalue weighted by Crippen LogP contribution is 2.39. The van der Waals surface area contributed by atoms with Gasteiger partial charge in [0.05, 0.1) is 18.3 Å². The van der Waals surface area contributed by atoms with Crippen LogP contribution in [0, 0.1) is 5.92 Å². The van der Waals surface area contributed by atoms with Crippen LogP contribution < -0.4 is 25.2 Å². The number of pyridine rings is 2. The summed E-state index contributed by atoms with van der Waals surface area (Å²) >= 11 is 0. The summed E-state index contributed by atoms with van der Waals surface area (Å²) in [6.07, 6.45) is 4.56. The summed E-state index contributed by atoms with van der Waals surface area (Å²) < 4.78 is 5.54. The zero-order chi connectivity index (χ0) is 24.6. The third-order valence-corrected chi connectivity index (χ3v) is 6.51. The van der Waals surface area contributed by atoms with Gasteiger partial charge in [-0.3, -0.25) is 15.0 Å². The van der Waals surface area contributed by atoms with E-state index in [-0.39, 0.29) is 30.1 Å². The van der Waals surface area contributed by atoms with Gasteiger partial charge in [0.15, 0.2) is 5.82 Å². The summed E-state index contributed by atoms with van der Waals surface area (Å²) in [5.74, 6) is 1.45. The minimum Gasteiger partial charge on any atom is -0.490 e. The fourth-order valence-electron chi connectivity index (χ4n) is 4.27. The number of anilines is 3. The lowest BCUT2D eigenvalue weighted by Gasteiger charge is -2.35. The smallest absolute Gasteiger partial charge is 0.329 e. The monoisotopic (exact) mass is 482 g/mol. The molecule has 0 spiro atoms. The average Bonchev–Trinajstić information content (AvgIpc) is 3.60. The van der Waals surface area contributed by atoms with Crippen molar-refractivity contribution in [2.45, 2.75) is 37.8 Å². The minimum atomic E-state index is -1.38. The molecule has 2 aliphatic heterocycles. The van der Waals surface area contributed by atoms with E-state index in [0.29, 0.717) is 30.6 Å². The van der Waals surface area contributed by atoms with Crippen LogP contribution in [0.4, 0.5) is 22.1 Å². The molecule has 0 radical (unpaired) electrons. The fourth-order valence-corrected chi connectivity index (χ4v) is 4.27. The Bertz CT molecular complexity index is 1120. The summed E-state index contributed by atoms with van der Waals surface area (Å²) in [5.41, 5.74) is -0.273. The van der Waals surface area contributed by atoms with Crippen LogP contribution in [0.2, 0.25) is 0 Å². The van der Waals surface area contributed by atoms with E-state index in [1.165, 1.54) is 13.1 Å². The maximum atomic E-state index is 13.4. The van der Waals surface area contributed by atoms with Crippen LogP contribution in [-0.2, 0) is 0 Å². The third kappa shape index (κ3) is 5.15. The number of aliphatic hydroxyl groups is 2. The van der Waals surface area contributed by atoms with Gasteiger partial charge in [-0.15, -0.1) is 0 Å². The Kier molecular flexibility index (Phi) is 6.20. The topological polar surface area (TPSA) is 140 Å². The summed E-state index contributed by atoms with van der Waals surface area (Å²) in [4.78, 5) is 38.6. The molecule has 2 fully saturated rings. The van der Waals surface area contributed by atoms with Crippen molar-refractivity contribution in [2.24, 2.45) is 5.92 Å². The minimum absolute atomic E-state index is 0.0705. The molecule has 186 valence electrons. The number of rotatable bonds is 8. The highest BCUT2D eigenvalue weighted by Gasteiger charge is 2.40. The highest BCUT2D eigenvalue weighted by atomic mass is 16.5. The van der Waals surface area contributed by atoms with Crippen LogP contribution in [0.25, 0.3) is 0 Å². The number of amides is 3. The predicted octanol–water partition coefficient (Wildman–Crippen LogP) is 1.37. The first kappa shape index (κ1) is 23.3. The number of hydrogen-bond acceptors (Lipinski definition) is 8. The molecule has 5 rings (SSSR count). The van der Waals surface area contributed by atoms with Gasteiger partial charge in [0.2, 0.25) is 0 Å². The second-order valence-corrected chi connectivity index (χ2v) is 9.70. The second-order valence-electron chi connectivity index (χ2n) is 9.70. The molecule has 4 N–H and O–H groups in total. The van der Waals surface area contributed by atoms with Crippen molar-refractivity contribution in [3.63, 3.8) is 0 Å². The van der Waals surface area contributed by atoms with Gasteiger partial charge in [0, 0.05) is 31.9 Å². The van der Waals surface area contributed by atoms with Gasteiger partial charge in [-0.05, 0) is 50.3 Å². The maximum absolute atomic E-state index is 13.4. The summed E-state index contributed by atoms with van der Waals surface area (Å²) in [7, 11) is 0. The van der Waals surface area contributed by atoms with Crippen molar-refractivity contribution in [2.75, 3.05) is 48.0 Å². The molecule has 2 aromatic heterocycles. The van der Waals surface area contributed by atoms with E-state index in [9.17, 15) is 19.8 Å². The first-order valence-corrected chi connectivity index (χ1v) is 11.9. The number of ether oxygens (including phenoxy) is 1. The molecule has 2 aromatic rings. The molecule has 11 nitrogen and oxygen atoms in total. The molecule has 1 saturated heterocycles. The van der Waals surface area contributed by atoms with E-state index in [1.807, 2.05) is 6.07 Å². The standard InChI is InChI=1S/C24H30N6O5/c1-24(34,13-31)14-35-17-6-8-25-20(10-17)28-23(33)30-16-7-9-29(12-16)19-5-4-18(27-21(19)30)22(32)26-11-15-2-3-15/h4-6,8,10,15-16,31,34H,2-3,7,9,11-14H2,1H3,(H,26,32)(H,25,28,33). The number of carbonyl (C=O) groups is 2. The van der Waals surface area contributed by atoms with E-state index in [4.69, 9.17) is 4.74 Å². The number of nitrogens with zero attached hydrogens (tertiary/aromatic N) is 4. The Morgan fingerprint density at radius 3 is 2.86 bits per heavy atom. The zero-order valence-corrected chi connectivity index (χ0v) is 19.6. The van der Waals surface area contributed by atoms with Crippen molar-refractivity contribution in [1.29, 1.82) is 0 Å². The Morgan fingerprint density at radius 2 is 2.09 bits per heavy atom. The van der Waals surface area contributed by atoms with Crippen molar-refractivity contribution >= 4 is 29.3 Å². The van der Waals surface area contributed by atoms with E-state index in [2.05, 4.69) is 25.5 Å². The van der Waals surface area contributed by atoms with Crippen LogP contribution >= 0.6 is 0 Å². The Labute approximate surface area is 203 Å². The quantitative estimate of drug-likeness (QED) is 0.442. The highest BCUT2D eigenvalue weighted by molar-refractivity contribution is 6.05. The maximum Gasteiger partial charge on any atom is 0.329 e. The molecule has 11 heteroatoms. The molecule has 4 heterocycles. The number of aromatic nitrogens is 2. The van der Waals surface area contributed by atoms with Crippen LogP contribution in [0.15, 0.2) is 30.5 Å². The van der Waals surface area contributed by atoms with Crippen LogP contribution in [0.1, 0.15) is 36.7 Å². The lowest BCUT2D eigenvalue weighted by molar-refractivity contribution is -0.0325. The molecule has 2 atom stereocenters. The largest absolute Gasteiger partial charge is 0.490 e. The number of fused-ring (bicyclic) bond motifs is 4. The van der Waals surface area contributed by atoms with Crippen molar-refractivity contribution < 1.29 is 24.5 Å². The summed E-state index contributed by atoms with van der Waals surface area (Å²) in [6.45, 7) is 3.05.